The first-order chi connectivity index (χ1) is 34.4. The van der Waals surface area contributed by atoms with Crippen molar-refractivity contribution < 1.29 is 4.42 Å². The Morgan fingerprint density at radius 3 is 1.30 bits per heavy atom. The number of furan rings is 1. The summed E-state index contributed by atoms with van der Waals surface area (Å²) in [5.74, 6) is 0. The minimum atomic E-state index is -0.0192. The Hall–Kier alpha value is -5.22. The number of anilines is 6. The van der Waals surface area contributed by atoms with Gasteiger partial charge in [-0.25, -0.2) is 0 Å². The summed E-state index contributed by atoms with van der Waals surface area (Å²) in [7, 11) is 0. The van der Waals surface area contributed by atoms with Crippen molar-refractivity contribution in [3.63, 3.8) is 0 Å². The van der Waals surface area contributed by atoms with Crippen LogP contribution in [0.15, 0.2) is 83.3 Å². The third-order valence-electron chi connectivity index (χ3n) is 21.3. The molecule has 0 fully saturated rings. The van der Waals surface area contributed by atoms with Gasteiger partial charge in [0, 0.05) is 44.9 Å². The third kappa shape index (κ3) is 6.69. The molecule has 6 aliphatic rings. The topological polar surface area (TPSA) is 19.6 Å². The van der Waals surface area contributed by atoms with Crippen LogP contribution in [-0.2, 0) is 43.3 Å². The number of nitrogens with zero attached hydrogens (tertiary/aromatic N) is 2. The fourth-order valence-corrected chi connectivity index (χ4v) is 15.7. The second-order valence-electron chi connectivity index (χ2n) is 30.2. The average molecular weight is 979 g/mol. The zero-order valence-corrected chi connectivity index (χ0v) is 48.5. The number of fused-ring (bicyclic) bond motifs is 11. The molecule has 0 atom stereocenters. The molecule has 4 heteroatoms. The van der Waals surface area contributed by atoms with E-state index in [2.05, 4.69) is 213 Å². The highest BCUT2D eigenvalue weighted by atomic mass is 16.3. The monoisotopic (exact) mass is 979 g/mol. The van der Waals surface area contributed by atoms with Crippen LogP contribution in [0.1, 0.15) is 218 Å². The quantitative estimate of drug-likeness (QED) is 0.161. The van der Waals surface area contributed by atoms with Crippen molar-refractivity contribution in [2.45, 2.75) is 219 Å². The van der Waals surface area contributed by atoms with Gasteiger partial charge in [-0.1, -0.05) is 129 Å². The summed E-state index contributed by atoms with van der Waals surface area (Å²) < 4.78 is 7.27. The van der Waals surface area contributed by atoms with E-state index in [4.69, 9.17) is 4.42 Å². The lowest BCUT2D eigenvalue weighted by molar-refractivity contribution is 0.332. The Bertz CT molecular complexity index is 3620. The fourth-order valence-electron chi connectivity index (χ4n) is 15.7. The zero-order chi connectivity index (χ0) is 52.6. The maximum Gasteiger partial charge on any atom is 0.252 e. The predicted molar refractivity (Wildman–Crippen MR) is 318 cm³/mol. The summed E-state index contributed by atoms with van der Waals surface area (Å²) in [6.45, 7) is 44.3. The van der Waals surface area contributed by atoms with E-state index in [1.807, 2.05) is 0 Å². The molecule has 2 aliphatic heterocycles. The van der Waals surface area contributed by atoms with Crippen LogP contribution in [0.3, 0.4) is 0 Å². The highest BCUT2D eigenvalue weighted by molar-refractivity contribution is 7.00. The van der Waals surface area contributed by atoms with Gasteiger partial charge in [-0.2, -0.15) is 0 Å². The van der Waals surface area contributed by atoms with Gasteiger partial charge < -0.3 is 14.2 Å². The van der Waals surface area contributed by atoms with Crippen LogP contribution in [0.5, 0.6) is 0 Å². The Morgan fingerprint density at radius 2 is 0.743 bits per heavy atom. The summed E-state index contributed by atoms with van der Waals surface area (Å²) in [4.78, 5) is 5.44. The smallest absolute Gasteiger partial charge is 0.252 e. The van der Waals surface area contributed by atoms with Gasteiger partial charge in [-0.05, 0) is 241 Å². The molecule has 6 aromatic carbocycles. The van der Waals surface area contributed by atoms with Crippen molar-refractivity contribution in [1.82, 2.24) is 0 Å². The van der Waals surface area contributed by atoms with E-state index in [-0.39, 0.29) is 50.0 Å². The van der Waals surface area contributed by atoms with E-state index in [1.165, 1.54) is 168 Å². The number of hydrogen-bond donors (Lipinski definition) is 0. The molecule has 7 aromatic rings. The van der Waals surface area contributed by atoms with Crippen LogP contribution in [0.25, 0.3) is 21.9 Å². The Balaban J connectivity index is 1.16. The van der Waals surface area contributed by atoms with Gasteiger partial charge in [-0.3, -0.25) is 0 Å². The molecule has 0 N–H and O–H groups in total. The highest BCUT2D eigenvalue weighted by Gasteiger charge is 2.49. The summed E-state index contributed by atoms with van der Waals surface area (Å²) in [6, 6.07) is 33.3. The van der Waals surface area contributed by atoms with Crippen LogP contribution in [0.4, 0.5) is 34.1 Å². The van der Waals surface area contributed by atoms with Crippen LogP contribution in [0, 0.1) is 13.8 Å². The number of hydrogen-bond acceptors (Lipinski definition) is 3. The second kappa shape index (κ2) is 14.8. The highest BCUT2D eigenvalue weighted by Crippen LogP contribution is 2.56. The molecular formula is C70H83BN2O. The molecule has 1 aromatic heterocycles. The van der Waals surface area contributed by atoms with Crippen molar-refractivity contribution in [2.75, 3.05) is 9.80 Å². The Morgan fingerprint density at radius 1 is 0.351 bits per heavy atom. The van der Waals surface area contributed by atoms with Gasteiger partial charge in [0.1, 0.15) is 11.2 Å². The lowest BCUT2D eigenvalue weighted by Gasteiger charge is -2.48. The molecule has 0 radical (unpaired) electrons. The van der Waals surface area contributed by atoms with Crippen molar-refractivity contribution in [3.05, 3.63) is 134 Å². The van der Waals surface area contributed by atoms with Crippen molar-refractivity contribution in [3.8, 4) is 0 Å². The van der Waals surface area contributed by atoms with Gasteiger partial charge in [-0.15, -0.1) is 0 Å². The molecule has 3 heterocycles. The number of rotatable bonds is 2. The Kier molecular flexibility index (Phi) is 9.70. The summed E-state index contributed by atoms with van der Waals surface area (Å²) >= 11 is 0. The van der Waals surface area contributed by atoms with Crippen LogP contribution >= 0.6 is 0 Å². The average Bonchev–Trinajstić information content (AvgIpc) is 3.67. The van der Waals surface area contributed by atoms with Gasteiger partial charge in [0.15, 0.2) is 0 Å². The molecule has 0 spiro atoms. The molecule has 0 bridgehead atoms. The maximum absolute atomic E-state index is 7.27. The molecular weight excluding hydrogens is 896 g/mol. The third-order valence-corrected chi connectivity index (χ3v) is 21.3. The first-order valence-corrected chi connectivity index (χ1v) is 28.7. The molecule has 3 nitrogen and oxygen atoms in total. The second-order valence-corrected chi connectivity index (χ2v) is 30.2. The molecule has 0 saturated carbocycles. The lowest BCUT2D eigenvalue weighted by Crippen LogP contribution is -2.62. The maximum atomic E-state index is 7.27. The molecule has 0 saturated heterocycles. The van der Waals surface area contributed by atoms with Crippen molar-refractivity contribution in [2.24, 2.45) is 0 Å². The van der Waals surface area contributed by atoms with Gasteiger partial charge in [0.05, 0.1) is 0 Å². The minimum Gasteiger partial charge on any atom is -0.456 e. The van der Waals surface area contributed by atoms with E-state index >= 15 is 0 Å². The normalized spacial score (nSPS) is 22.3. The number of aryl methyl sites for hydroxylation is 2. The largest absolute Gasteiger partial charge is 0.456 e. The van der Waals surface area contributed by atoms with Gasteiger partial charge in [0.2, 0.25) is 0 Å². The summed E-state index contributed by atoms with van der Waals surface area (Å²) in [5.41, 5.74) is 29.0. The Labute approximate surface area is 445 Å². The SMILES string of the molecule is Cc1cc2c3c(c1)N(c1cc4c(cc1C)C(C)(C)CCC4(C)C)c1cc4c(cc1B3c1cc3c(cc1N2c1ccc2c(c1)C(C)(C)CCC2(C)C)C(C)(C)CCC3(C)C)oc1cc2c(cc14)C(C)(C)CCC2(C)C. The molecule has 74 heavy (non-hydrogen) atoms. The van der Waals surface area contributed by atoms with E-state index in [0.29, 0.717) is 0 Å². The first kappa shape index (κ1) is 48.4. The van der Waals surface area contributed by atoms with Crippen LogP contribution < -0.4 is 26.2 Å². The minimum absolute atomic E-state index is 0.0192. The molecule has 382 valence electrons. The van der Waals surface area contributed by atoms with E-state index in [1.54, 1.807) is 0 Å². The van der Waals surface area contributed by atoms with Crippen LogP contribution in [-0.4, -0.2) is 6.71 Å². The van der Waals surface area contributed by atoms with Gasteiger partial charge >= 0.3 is 0 Å². The van der Waals surface area contributed by atoms with Crippen molar-refractivity contribution in [1.29, 1.82) is 0 Å². The molecule has 0 unspecified atom stereocenters. The van der Waals surface area contributed by atoms with Gasteiger partial charge in [0.25, 0.3) is 6.71 Å². The van der Waals surface area contributed by atoms with E-state index in [9.17, 15) is 0 Å². The summed E-state index contributed by atoms with van der Waals surface area (Å²) in [5, 5.41) is 2.45. The van der Waals surface area contributed by atoms with E-state index < -0.39 is 0 Å². The first-order valence-electron chi connectivity index (χ1n) is 28.7. The van der Waals surface area contributed by atoms with E-state index in [0.717, 1.165) is 11.2 Å². The molecule has 0 amide bonds. The fraction of sp³-hybridized carbons (Fsp3) is 0.486. The standard InChI is InChI=1S/C70H83BN2O/c1-40-29-58-62-59(30-40)73(55-36-50-46(31-41(55)2)64(5,6)23-26-68(50,13)14)56-34-44-43-33-48-52(70(17,18)28-24-66(48,9)10)38-60(43)74-61(44)39-54(56)71(62)53-35-49-51(69(15,16)27-25-67(49,11)12)37-57(53)72(58)42-19-20-45-47(32-42)65(7,8)22-21-63(45,3)4/h19-20,29-39H,21-28H2,1-18H3. The summed E-state index contributed by atoms with van der Waals surface area (Å²) in [6.07, 6.45) is 9.44. The predicted octanol–water partition coefficient (Wildman–Crippen LogP) is 17.7. The zero-order valence-electron chi connectivity index (χ0n) is 48.5. The number of benzene rings is 6. The van der Waals surface area contributed by atoms with Crippen LogP contribution in [0.2, 0.25) is 0 Å². The molecule has 4 aliphatic carbocycles. The molecule has 13 rings (SSSR count). The van der Waals surface area contributed by atoms with Crippen molar-refractivity contribution >= 4 is 79.2 Å². The lowest BCUT2D eigenvalue weighted by atomic mass is 9.33.